The molecule has 0 fully saturated rings. The molecule has 1 aromatic heterocycles. The number of nitrogens with one attached hydrogen (secondary N) is 1. The fourth-order valence-electron chi connectivity index (χ4n) is 1.77. The molecule has 0 saturated heterocycles. The predicted octanol–water partition coefficient (Wildman–Crippen LogP) is 3.03. The number of anilines is 1. The Morgan fingerprint density at radius 1 is 1.43 bits per heavy atom. The lowest BCUT2D eigenvalue weighted by Crippen LogP contribution is -2.06. The topological polar surface area (TPSA) is 64.1 Å². The Morgan fingerprint density at radius 2 is 2.24 bits per heavy atom. The van der Waals surface area contributed by atoms with Gasteiger partial charge in [-0.1, -0.05) is 18.3 Å². The minimum absolute atomic E-state index is 0.234. The Kier molecular flexibility index (Phi) is 5.21. The van der Waals surface area contributed by atoms with Crippen LogP contribution in [-0.4, -0.2) is 23.3 Å². The summed E-state index contributed by atoms with van der Waals surface area (Å²) in [6.45, 7) is 2.31. The first-order chi connectivity index (χ1) is 10.1. The van der Waals surface area contributed by atoms with E-state index in [-0.39, 0.29) is 12.4 Å². The van der Waals surface area contributed by atoms with E-state index in [9.17, 15) is 9.18 Å². The second-order valence-corrected chi connectivity index (χ2v) is 5.46. The molecule has 21 heavy (non-hydrogen) atoms. The van der Waals surface area contributed by atoms with Crippen molar-refractivity contribution in [3.8, 4) is 0 Å². The van der Waals surface area contributed by atoms with E-state index in [4.69, 9.17) is 0 Å². The van der Waals surface area contributed by atoms with Gasteiger partial charge in [0.15, 0.2) is 0 Å². The summed E-state index contributed by atoms with van der Waals surface area (Å²) in [5.74, 6) is -0.870. The van der Waals surface area contributed by atoms with E-state index in [0.29, 0.717) is 16.3 Å². The highest BCUT2D eigenvalue weighted by molar-refractivity contribution is 7.15. The number of nitrogens with zero attached hydrogens (tertiary/aromatic N) is 2. The molecule has 7 heteroatoms. The number of ether oxygens (including phenoxy) is 1. The lowest BCUT2D eigenvalue weighted by Gasteiger charge is -2.06. The molecule has 5 nitrogen and oxygen atoms in total. The van der Waals surface area contributed by atoms with Gasteiger partial charge in [-0.25, -0.2) is 9.18 Å². The highest BCUT2D eigenvalue weighted by atomic mass is 32.1. The SMILES string of the molecule is CCCc1nnc(NCc2cc(C(=O)OC)ccc2F)s1. The van der Waals surface area contributed by atoms with Gasteiger partial charge < -0.3 is 10.1 Å². The molecular weight excluding hydrogens is 293 g/mol. The van der Waals surface area contributed by atoms with Crippen molar-refractivity contribution in [1.29, 1.82) is 0 Å². The highest BCUT2D eigenvalue weighted by Crippen LogP contribution is 2.19. The number of benzene rings is 1. The number of methoxy groups -OCH3 is 1. The van der Waals surface area contributed by atoms with Crippen molar-refractivity contribution in [1.82, 2.24) is 10.2 Å². The van der Waals surface area contributed by atoms with Crippen LogP contribution in [0.4, 0.5) is 9.52 Å². The predicted molar refractivity (Wildman–Crippen MR) is 79.0 cm³/mol. The quantitative estimate of drug-likeness (QED) is 0.831. The van der Waals surface area contributed by atoms with Gasteiger partial charge in [-0.2, -0.15) is 0 Å². The molecule has 0 saturated carbocycles. The van der Waals surface area contributed by atoms with Crippen molar-refractivity contribution >= 4 is 22.4 Å². The van der Waals surface area contributed by atoms with Crippen molar-refractivity contribution in [2.75, 3.05) is 12.4 Å². The third-order valence-corrected chi connectivity index (χ3v) is 3.77. The number of rotatable bonds is 6. The molecule has 0 bridgehead atoms. The monoisotopic (exact) mass is 309 g/mol. The van der Waals surface area contributed by atoms with Gasteiger partial charge in [-0.3, -0.25) is 0 Å². The van der Waals surface area contributed by atoms with Crippen LogP contribution in [0.5, 0.6) is 0 Å². The van der Waals surface area contributed by atoms with Gasteiger partial charge in [0.2, 0.25) is 5.13 Å². The number of hydrogen-bond donors (Lipinski definition) is 1. The summed E-state index contributed by atoms with van der Waals surface area (Å²) in [6, 6.07) is 4.13. The van der Waals surface area contributed by atoms with Crippen LogP contribution in [0.3, 0.4) is 0 Å². The Balaban J connectivity index is 2.06. The van der Waals surface area contributed by atoms with Gasteiger partial charge in [-0.05, 0) is 24.6 Å². The van der Waals surface area contributed by atoms with Crippen LogP contribution >= 0.6 is 11.3 Å². The molecule has 2 rings (SSSR count). The lowest BCUT2D eigenvalue weighted by atomic mass is 10.1. The number of esters is 1. The van der Waals surface area contributed by atoms with Crippen molar-refractivity contribution in [3.63, 3.8) is 0 Å². The normalized spacial score (nSPS) is 10.4. The minimum Gasteiger partial charge on any atom is -0.465 e. The maximum absolute atomic E-state index is 13.7. The molecule has 0 aliphatic carbocycles. The van der Waals surface area contributed by atoms with Crippen LogP contribution < -0.4 is 5.32 Å². The van der Waals surface area contributed by atoms with Crippen LogP contribution in [0.15, 0.2) is 18.2 Å². The Labute approximate surface area is 126 Å². The zero-order chi connectivity index (χ0) is 15.2. The molecule has 0 aliphatic heterocycles. The summed E-state index contributed by atoms with van der Waals surface area (Å²) < 4.78 is 18.4. The minimum atomic E-state index is -0.489. The molecule has 1 N–H and O–H groups in total. The molecule has 1 aromatic carbocycles. The molecule has 0 radical (unpaired) electrons. The maximum Gasteiger partial charge on any atom is 0.337 e. The van der Waals surface area contributed by atoms with E-state index in [0.717, 1.165) is 17.8 Å². The van der Waals surface area contributed by atoms with Crippen LogP contribution in [-0.2, 0) is 17.7 Å². The third-order valence-electron chi connectivity index (χ3n) is 2.83. The number of carbonyl (C=O) groups excluding carboxylic acids is 1. The first kappa shape index (κ1) is 15.4. The molecule has 0 atom stereocenters. The van der Waals surface area contributed by atoms with Crippen LogP contribution in [0, 0.1) is 5.82 Å². The average molecular weight is 309 g/mol. The molecule has 0 aliphatic rings. The molecule has 0 unspecified atom stereocenters. The van der Waals surface area contributed by atoms with Crippen LogP contribution in [0.25, 0.3) is 0 Å². The Bertz CT molecular complexity index is 630. The van der Waals surface area contributed by atoms with E-state index in [1.165, 1.54) is 36.6 Å². The fourth-order valence-corrected chi connectivity index (χ4v) is 2.60. The van der Waals surface area contributed by atoms with E-state index in [2.05, 4.69) is 27.2 Å². The van der Waals surface area contributed by atoms with Gasteiger partial charge in [0.25, 0.3) is 0 Å². The average Bonchev–Trinajstić information content (AvgIpc) is 2.93. The fraction of sp³-hybridized carbons (Fsp3) is 0.357. The number of aromatic nitrogens is 2. The number of aryl methyl sites for hydroxylation is 1. The Morgan fingerprint density at radius 3 is 2.95 bits per heavy atom. The first-order valence-electron chi connectivity index (χ1n) is 6.57. The van der Waals surface area contributed by atoms with Gasteiger partial charge in [0.05, 0.1) is 12.7 Å². The number of hydrogen-bond acceptors (Lipinski definition) is 6. The maximum atomic E-state index is 13.7. The summed E-state index contributed by atoms with van der Waals surface area (Å²) in [7, 11) is 1.29. The van der Waals surface area contributed by atoms with Crippen molar-refractivity contribution in [2.45, 2.75) is 26.3 Å². The number of halogens is 1. The van der Waals surface area contributed by atoms with Crippen LogP contribution in [0.1, 0.15) is 34.3 Å². The summed E-state index contributed by atoms with van der Waals surface area (Å²) >= 11 is 1.45. The summed E-state index contributed by atoms with van der Waals surface area (Å²) in [6.07, 6.45) is 1.88. The highest BCUT2D eigenvalue weighted by Gasteiger charge is 2.10. The Hall–Kier alpha value is -2.02. The molecule has 2 aromatic rings. The largest absolute Gasteiger partial charge is 0.465 e. The van der Waals surface area contributed by atoms with Gasteiger partial charge in [0.1, 0.15) is 10.8 Å². The van der Waals surface area contributed by atoms with E-state index in [1.54, 1.807) is 0 Å². The smallest absolute Gasteiger partial charge is 0.337 e. The standard InChI is InChI=1S/C14H16FN3O2S/c1-3-4-12-17-18-14(21-12)16-8-10-7-9(13(19)20-2)5-6-11(10)15/h5-7H,3-4,8H2,1-2H3,(H,16,18). The van der Waals surface area contributed by atoms with Crippen LogP contribution in [0.2, 0.25) is 0 Å². The molecular formula is C14H16FN3O2S. The van der Waals surface area contributed by atoms with E-state index < -0.39 is 5.97 Å². The van der Waals surface area contributed by atoms with E-state index >= 15 is 0 Å². The zero-order valence-electron chi connectivity index (χ0n) is 11.9. The number of carbonyl (C=O) groups is 1. The molecule has 112 valence electrons. The zero-order valence-corrected chi connectivity index (χ0v) is 12.7. The van der Waals surface area contributed by atoms with E-state index in [1.807, 2.05) is 0 Å². The molecule has 0 spiro atoms. The van der Waals surface area contributed by atoms with Gasteiger partial charge >= 0.3 is 5.97 Å². The summed E-state index contributed by atoms with van der Waals surface area (Å²) in [5.41, 5.74) is 0.699. The van der Waals surface area contributed by atoms with Crippen molar-refractivity contribution in [3.05, 3.63) is 40.2 Å². The third kappa shape index (κ3) is 3.98. The lowest BCUT2D eigenvalue weighted by molar-refractivity contribution is 0.0600. The molecule has 1 heterocycles. The summed E-state index contributed by atoms with van der Waals surface area (Å²) in [5, 5.41) is 12.6. The van der Waals surface area contributed by atoms with Gasteiger partial charge in [-0.15, -0.1) is 10.2 Å². The second kappa shape index (κ2) is 7.12. The molecule has 0 amide bonds. The van der Waals surface area contributed by atoms with Crippen molar-refractivity contribution < 1.29 is 13.9 Å². The second-order valence-electron chi connectivity index (χ2n) is 4.40. The van der Waals surface area contributed by atoms with Gasteiger partial charge in [0, 0.05) is 18.5 Å². The summed E-state index contributed by atoms with van der Waals surface area (Å²) in [4.78, 5) is 11.4. The first-order valence-corrected chi connectivity index (χ1v) is 7.38. The van der Waals surface area contributed by atoms with Crippen molar-refractivity contribution in [2.24, 2.45) is 0 Å².